The quantitative estimate of drug-likeness (QED) is 0.547. The van der Waals surface area contributed by atoms with Crippen LogP contribution in [0.2, 0.25) is 0 Å². The van der Waals surface area contributed by atoms with Gasteiger partial charge in [-0.05, 0) is 38.1 Å². The van der Waals surface area contributed by atoms with Crippen molar-refractivity contribution in [3.05, 3.63) is 24.0 Å². The minimum Gasteiger partial charge on any atom is -0.347 e. The molecule has 0 spiro atoms. The lowest BCUT2D eigenvalue weighted by Gasteiger charge is -2.32. The van der Waals surface area contributed by atoms with Gasteiger partial charge in [0.1, 0.15) is 5.69 Å². The number of hydrazine groups is 1. The van der Waals surface area contributed by atoms with Gasteiger partial charge in [-0.15, -0.1) is 0 Å². The summed E-state index contributed by atoms with van der Waals surface area (Å²) in [5.74, 6) is 5.18. The number of hydrogen-bond acceptors (Lipinski definition) is 5. The van der Waals surface area contributed by atoms with Gasteiger partial charge in [-0.1, -0.05) is 6.92 Å². The van der Waals surface area contributed by atoms with Gasteiger partial charge in [-0.25, -0.2) is 0 Å². The van der Waals surface area contributed by atoms with Crippen molar-refractivity contribution in [2.75, 3.05) is 25.1 Å². The molecule has 1 atom stereocenters. The summed E-state index contributed by atoms with van der Waals surface area (Å²) in [7, 11) is 0. The largest absolute Gasteiger partial charge is 0.347 e. The number of hydrogen-bond donors (Lipinski definition) is 3. The van der Waals surface area contributed by atoms with Crippen LogP contribution in [-0.2, 0) is 0 Å². The highest BCUT2D eigenvalue weighted by atomic mass is 16.1. The van der Waals surface area contributed by atoms with Crippen molar-refractivity contribution >= 4 is 11.6 Å². The van der Waals surface area contributed by atoms with Crippen molar-refractivity contribution in [3.8, 4) is 0 Å². The zero-order valence-corrected chi connectivity index (χ0v) is 11.2. The molecule has 6 nitrogen and oxygen atoms in total. The number of pyridine rings is 1. The minimum atomic E-state index is -0.139. The average Bonchev–Trinajstić information content (AvgIpc) is 2.47. The number of nitrogens with two attached hydrogens (primary N) is 1. The molecule has 4 N–H and O–H groups in total. The summed E-state index contributed by atoms with van der Waals surface area (Å²) in [5, 5.41) is 3.04. The summed E-state index contributed by atoms with van der Waals surface area (Å²) in [6.07, 6.45) is 3.72. The molecule has 1 aliphatic heterocycles. The van der Waals surface area contributed by atoms with Gasteiger partial charge in [0.05, 0.1) is 5.69 Å². The van der Waals surface area contributed by atoms with Crippen LogP contribution in [0.25, 0.3) is 0 Å². The molecule has 1 fully saturated rings. The van der Waals surface area contributed by atoms with Gasteiger partial charge in [0.15, 0.2) is 0 Å². The molecule has 0 saturated carbocycles. The average molecular weight is 263 g/mol. The molecule has 2 heterocycles. The van der Waals surface area contributed by atoms with Gasteiger partial charge in [0.2, 0.25) is 0 Å². The van der Waals surface area contributed by atoms with Gasteiger partial charge in [0.25, 0.3) is 5.91 Å². The van der Waals surface area contributed by atoms with E-state index < -0.39 is 0 Å². The molecule has 0 radical (unpaired) electrons. The molecule has 1 aromatic rings. The first-order valence-corrected chi connectivity index (χ1v) is 6.68. The molecule has 1 aromatic heterocycles. The van der Waals surface area contributed by atoms with E-state index in [9.17, 15) is 4.79 Å². The summed E-state index contributed by atoms with van der Waals surface area (Å²) < 4.78 is 0. The number of carbonyl (C=O) groups is 1. The SMILES string of the molecule is CCN1CCCC(NC(=O)c2cc(NN)ccn2)C1. The van der Waals surface area contributed by atoms with Crippen LogP contribution in [0.4, 0.5) is 5.69 Å². The summed E-state index contributed by atoms with van der Waals surface area (Å²) >= 11 is 0. The number of carbonyl (C=O) groups excluding carboxylic acids is 1. The highest BCUT2D eigenvalue weighted by Crippen LogP contribution is 2.11. The van der Waals surface area contributed by atoms with E-state index in [0.29, 0.717) is 11.4 Å². The van der Waals surface area contributed by atoms with Crippen molar-refractivity contribution in [1.82, 2.24) is 15.2 Å². The Bertz CT molecular complexity index is 437. The van der Waals surface area contributed by atoms with E-state index in [0.717, 1.165) is 32.5 Å². The number of anilines is 1. The maximum Gasteiger partial charge on any atom is 0.270 e. The lowest BCUT2D eigenvalue weighted by atomic mass is 10.1. The zero-order valence-electron chi connectivity index (χ0n) is 11.2. The second-order valence-electron chi connectivity index (χ2n) is 4.78. The van der Waals surface area contributed by atoms with Gasteiger partial charge in [0, 0.05) is 18.8 Å². The smallest absolute Gasteiger partial charge is 0.270 e. The molecule has 1 unspecified atom stereocenters. The summed E-state index contributed by atoms with van der Waals surface area (Å²) in [6.45, 7) is 5.20. The molecule has 0 bridgehead atoms. The van der Waals surface area contributed by atoms with Crippen LogP contribution in [0, 0.1) is 0 Å². The van der Waals surface area contributed by atoms with Crippen molar-refractivity contribution in [3.63, 3.8) is 0 Å². The Kier molecular flexibility index (Phi) is 4.70. The predicted octanol–water partition coefficient (Wildman–Crippen LogP) is 0.581. The molecule has 19 heavy (non-hydrogen) atoms. The number of likely N-dealkylation sites (N-methyl/N-ethyl adjacent to an activating group) is 1. The zero-order chi connectivity index (χ0) is 13.7. The molecular formula is C13H21N5O. The maximum atomic E-state index is 12.1. The molecule has 104 valence electrons. The van der Waals surface area contributed by atoms with Crippen molar-refractivity contribution in [2.45, 2.75) is 25.8 Å². The Balaban J connectivity index is 1.96. The summed E-state index contributed by atoms with van der Waals surface area (Å²) in [4.78, 5) is 18.5. The number of rotatable bonds is 4. The van der Waals surface area contributed by atoms with Gasteiger partial charge < -0.3 is 15.6 Å². The fraction of sp³-hybridized carbons (Fsp3) is 0.538. The third kappa shape index (κ3) is 3.65. The number of nitrogens with zero attached hydrogens (tertiary/aromatic N) is 2. The molecule has 2 rings (SSSR count). The molecular weight excluding hydrogens is 242 g/mol. The Labute approximate surface area is 113 Å². The predicted molar refractivity (Wildman–Crippen MR) is 74.6 cm³/mol. The van der Waals surface area contributed by atoms with Crippen LogP contribution in [0.5, 0.6) is 0 Å². The molecule has 0 aliphatic carbocycles. The van der Waals surface area contributed by atoms with Crippen LogP contribution >= 0.6 is 0 Å². The second kappa shape index (κ2) is 6.49. The van der Waals surface area contributed by atoms with E-state index in [4.69, 9.17) is 5.84 Å². The van der Waals surface area contributed by atoms with Crippen LogP contribution in [-0.4, -0.2) is 41.5 Å². The van der Waals surface area contributed by atoms with Crippen LogP contribution in [0.1, 0.15) is 30.3 Å². The third-order valence-corrected chi connectivity index (χ3v) is 3.45. The number of likely N-dealkylation sites (tertiary alicyclic amines) is 1. The number of nitrogens with one attached hydrogen (secondary N) is 2. The first-order chi connectivity index (χ1) is 9.22. The molecule has 1 amide bonds. The Morgan fingerprint density at radius 1 is 1.63 bits per heavy atom. The number of nitrogen functional groups attached to an aromatic ring is 1. The lowest BCUT2D eigenvalue weighted by molar-refractivity contribution is 0.0901. The minimum absolute atomic E-state index is 0.139. The maximum absolute atomic E-state index is 12.1. The number of aromatic nitrogens is 1. The molecule has 1 aliphatic rings. The summed E-state index contributed by atoms with van der Waals surface area (Å²) in [6, 6.07) is 3.57. The van der Waals surface area contributed by atoms with Gasteiger partial charge >= 0.3 is 0 Å². The van der Waals surface area contributed by atoms with E-state index in [1.54, 1.807) is 18.3 Å². The van der Waals surface area contributed by atoms with E-state index in [-0.39, 0.29) is 11.9 Å². The van der Waals surface area contributed by atoms with Crippen LogP contribution < -0.4 is 16.6 Å². The van der Waals surface area contributed by atoms with E-state index >= 15 is 0 Å². The molecule has 0 aromatic carbocycles. The lowest BCUT2D eigenvalue weighted by Crippen LogP contribution is -2.47. The second-order valence-corrected chi connectivity index (χ2v) is 4.78. The van der Waals surface area contributed by atoms with Crippen LogP contribution in [0.15, 0.2) is 18.3 Å². The van der Waals surface area contributed by atoms with Crippen molar-refractivity contribution < 1.29 is 4.79 Å². The van der Waals surface area contributed by atoms with Crippen molar-refractivity contribution in [1.29, 1.82) is 0 Å². The Hall–Kier alpha value is -1.66. The normalized spacial score (nSPS) is 20.0. The highest BCUT2D eigenvalue weighted by molar-refractivity contribution is 5.93. The van der Waals surface area contributed by atoms with E-state index in [1.165, 1.54) is 0 Å². The van der Waals surface area contributed by atoms with Gasteiger partial charge in [-0.3, -0.25) is 15.6 Å². The van der Waals surface area contributed by atoms with E-state index in [2.05, 4.69) is 27.6 Å². The van der Waals surface area contributed by atoms with Crippen molar-refractivity contribution in [2.24, 2.45) is 5.84 Å². The van der Waals surface area contributed by atoms with Crippen LogP contribution in [0.3, 0.4) is 0 Å². The topological polar surface area (TPSA) is 83.3 Å². The molecule has 1 saturated heterocycles. The monoisotopic (exact) mass is 263 g/mol. The third-order valence-electron chi connectivity index (χ3n) is 3.45. The highest BCUT2D eigenvalue weighted by Gasteiger charge is 2.21. The number of piperidine rings is 1. The molecule has 6 heteroatoms. The fourth-order valence-corrected chi connectivity index (χ4v) is 2.36. The first kappa shape index (κ1) is 13.8. The van der Waals surface area contributed by atoms with E-state index in [1.807, 2.05) is 0 Å². The summed E-state index contributed by atoms with van der Waals surface area (Å²) in [5.41, 5.74) is 3.59. The van der Waals surface area contributed by atoms with Gasteiger partial charge in [-0.2, -0.15) is 0 Å². The fourth-order valence-electron chi connectivity index (χ4n) is 2.36. The number of amides is 1. The standard InChI is InChI=1S/C13H21N5O/c1-2-18-7-3-4-11(9-18)16-13(19)12-8-10(17-14)5-6-15-12/h5-6,8,11H,2-4,7,9,14H2,1H3,(H,15,17)(H,16,19). The first-order valence-electron chi connectivity index (χ1n) is 6.68. The Morgan fingerprint density at radius 2 is 2.47 bits per heavy atom. The Morgan fingerprint density at radius 3 is 3.21 bits per heavy atom.